The van der Waals surface area contributed by atoms with Gasteiger partial charge in [-0.2, -0.15) is 9.78 Å². The molecule has 1 N–H and O–H groups in total. The fraction of sp³-hybridized carbons (Fsp3) is 0.227. The van der Waals surface area contributed by atoms with Gasteiger partial charge in [0.1, 0.15) is 5.82 Å². The fourth-order valence-corrected chi connectivity index (χ4v) is 5.09. The summed E-state index contributed by atoms with van der Waals surface area (Å²) in [5.74, 6) is 1.43. The Hall–Kier alpha value is -2.64. The second-order valence-electron chi connectivity index (χ2n) is 6.92. The molecule has 0 spiro atoms. The standard InChI is InChI=1S/C22H22N4OS2/c1-5-28-17-8-6-7-16(12-17)21(27)23-19-11-15(4)25-26(19)22-24-20-14(3)9-13(2)10-18(20)29-22/h6-12H,5H2,1-4H3,(H,23,27). The van der Waals surface area contributed by atoms with Crippen molar-refractivity contribution in [2.45, 2.75) is 32.6 Å². The van der Waals surface area contributed by atoms with Crippen molar-refractivity contribution >= 4 is 45.0 Å². The second-order valence-corrected chi connectivity index (χ2v) is 9.27. The number of carbonyl (C=O) groups is 1. The van der Waals surface area contributed by atoms with Crippen LogP contribution in [-0.4, -0.2) is 26.4 Å². The van der Waals surface area contributed by atoms with E-state index in [0.717, 1.165) is 37.3 Å². The topological polar surface area (TPSA) is 59.8 Å². The number of aryl methyl sites for hydroxylation is 3. The lowest BCUT2D eigenvalue weighted by molar-refractivity contribution is 0.102. The van der Waals surface area contributed by atoms with Crippen LogP contribution in [0.25, 0.3) is 15.3 Å². The summed E-state index contributed by atoms with van der Waals surface area (Å²) in [4.78, 5) is 18.7. The number of rotatable bonds is 5. The molecular formula is C22H22N4OS2. The van der Waals surface area contributed by atoms with Crippen LogP contribution in [0.5, 0.6) is 0 Å². The van der Waals surface area contributed by atoms with Crippen LogP contribution in [0.1, 0.15) is 34.1 Å². The van der Waals surface area contributed by atoms with Crippen LogP contribution in [0.4, 0.5) is 5.82 Å². The summed E-state index contributed by atoms with van der Waals surface area (Å²) < 4.78 is 2.84. The monoisotopic (exact) mass is 422 g/mol. The number of carbonyl (C=O) groups excluding carboxylic acids is 1. The van der Waals surface area contributed by atoms with Gasteiger partial charge in [-0.3, -0.25) is 4.79 Å². The SMILES string of the molecule is CCSc1cccc(C(=O)Nc2cc(C)nn2-c2nc3c(C)cc(C)cc3s2)c1. The van der Waals surface area contributed by atoms with Gasteiger partial charge in [0, 0.05) is 16.5 Å². The predicted molar refractivity (Wildman–Crippen MR) is 122 cm³/mol. The number of aromatic nitrogens is 3. The minimum atomic E-state index is -0.155. The predicted octanol–water partition coefficient (Wildman–Crippen LogP) is 5.77. The Morgan fingerprint density at radius 1 is 1.17 bits per heavy atom. The van der Waals surface area contributed by atoms with Crippen LogP contribution < -0.4 is 5.32 Å². The van der Waals surface area contributed by atoms with Gasteiger partial charge < -0.3 is 5.32 Å². The Kier molecular flexibility index (Phi) is 5.43. The van der Waals surface area contributed by atoms with Crippen molar-refractivity contribution in [1.29, 1.82) is 0 Å². The van der Waals surface area contributed by atoms with Gasteiger partial charge in [-0.15, -0.1) is 11.8 Å². The molecule has 0 aliphatic rings. The van der Waals surface area contributed by atoms with Gasteiger partial charge in [-0.05, 0) is 61.9 Å². The Labute approximate surface area is 178 Å². The van der Waals surface area contributed by atoms with Gasteiger partial charge in [0.25, 0.3) is 5.91 Å². The van der Waals surface area contributed by atoms with Crippen molar-refractivity contribution < 1.29 is 4.79 Å². The molecule has 0 radical (unpaired) electrons. The molecule has 2 aromatic carbocycles. The molecule has 7 heteroatoms. The molecular weight excluding hydrogens is 400 g/mol. The van der Waals surface area contributed by atoms with Gasteiger partial charge in [0.2, 0.25) is 5.13 Å². The average molecular weight is 423 g/mol. The number of anilines is 1. The molecule has 148 valence electrons. The zero-order valence-electron chi connectivity index (χ0n) is 16.8. The highest BCUT2D eigenvalue weighted by Crippen LogP contribution is 2.30. The minimum Gasteiger partial charge on any atom is -0.306 e. The Morgan fingerprint density at radius 3 is 2.79 bits per heavy atom. The van der Waals surface area contributed by atoms with Crippen LogP contribution in [0.15, 0.2) is 47.4 Å². The zero-order chi connectivity index (χ0) is 20.5. The van der Waals surface area contributed by atoms with Gasteiger partial charge in [-0.1, -0.05) is 30.4 Å². The fourth-order valence-electron chi connectivity index (χ4n) is 3.27. The lowest BCUT2D eigenvalue weighted by Crippen LogP contribution is -2.15. The van der Waals surface area contributed by atoms with Crippen LogP contribution in [0.3, 0.4) is 0 Å². The Morgan fingerprint density at radius 2 is 2.00 bits per heavy atom. The molecule has 0 aliphatic carbocycles. The number of nitrogens with one attached hydrogen (secondary N) is 1. The van der Waals surface area contributed by atoms with E-state index in [9.17, 15) is 4.79 Å². The van der Waals surface area contributed by atoms with Gasteiger partial charge in [-0.25, -0.2) is 4.98 Å². The van der Waals surface area contributed by atoms with E-state index in [-0.39, 0.29) is 5.91 Å². The van der Waals surface area contributed by atoms with E-state index in [1.807, 2.05) is 37.3 Å². The molecule has 0 aliphatic heterocycles. The summed E-state index contributed by atoms with van der Waals surface area (Å²) in [6.45, 7) is 8.16. The molecule has 0 bridgehead atoms. The normalized spacial score (nSPS) is 11.2. The third-order valence-corrected chi connectivity index (χ3v) is 6.33. The average Bonchev–Trinajstić information content (AvgIpc) is 3.25. The summed E-state index contributed by atoms with van der Waals surface area (Å²) in [7, 11) is 0. The number of nitrogens with zero attached hydrogens (tertiary/aromatic N) is 3. The van der Waals surface area contributed by atoms with E-state index < -0.39 is 0 Å². The minimum absolute atomic E-state index is 0.155. The second kappa shape index (κ2) is 8.00. The maximum atomic E-state index is 12.9. The van der Waals surface area contributed by atoms with Crippen LogP contribution in [0, 0.1) is 20.8 Å². The number of hydrogen-bond acceptors (Lipinski definition) is 5. The smallest absolute Gasteiger partial charge is 0.256 e. The van der Waals surface area contributed by atoms with Crippen molar-refractivity contribution in [3.8, 4) is 5.13 Å². The van der Waals surface area contributed by atoms with E-state index in [0.29, 0.717) is 11.4 Å². The van der Waals surface area contributed by atoms with Crippen LogP contribution >= 0.6 is 23.1 Å². The van der Waals surface area contributed by atoms with E-state index in [1.54, 1.807) is 27.8 Å². The van der Waals surface area contributed by atoms with E-state index >= 15 is 0 Å². The molecule has 0 saturated heterocycles. The molecule has 4 rings (SSSR count). The molecule has 4 aromatic rings. The number of benzene rings is 2. The van der Waals surface area contributed by atoms with Crippen molar-refractivity contribution in [2.24, 2.45) is 0 Å². The lowest BCUT2D eigenvalue weighted by Gasteiger charge is -2.07. The zero-order valence-corrected chi connectivity index (χ0v) is 18.4. The first-order valence-corrected chi connectivity index (χ1v) is 11.2. The summed E-state index contributed by atoms with van der Waals surface area (Å²) in [5, 5.41) is 8.32. The van der Waals surface area contributed by atoms with Crippen LogP contribution in [0.2, 0.25) is 0 Å². The first-order valence-electron chi connectivity index (χ1n) is 9.43. The maximum absolute atomic E-state index is 12.9. The van der Waals surface area contributed by atoms with E-state index in [1.165, 1.54) is 5.56 Å². The molecule has 0 atom stereocenters. The Balaban J connectivity index is 1.68. The summed E-state index contributed by atoms with van der Waals surface area (Å²) in [6.07, 6.45) is 0. The molecule has 2 aromatic heterocycles. The quantitative estimate of drug-likeness (QED) is 0.415. The lowest BCUT2D eigenvalue weighted by atomic mass is 10.1. The third kappa shape index (κ3) is 4.06. The number of hydrogen-bond donors (Lipinski definition) is 1. The number of amides is 1. The van der Waals surface area contributed by atoms with Crippen LogP contribution in [-0.2, 0) is 0 Å². The van der Waals surface area contributed by atoms with E-state index in [4.69, 9.17) is 4.98 Å². The summed E-state index contributed by atoms with van der Waals surface area (Å²) in [6, 6.07) is 13.8. The summed E-state index contributed by atoms with van der Waals surface area (Å²) in [5.41, 5.74) is 4.78. The molecule has 0 fully saturated rings. The first-order chi connectivity index (χ1) is 13.9. The largest absolute Gasteiger partial charge is 0.306 e. The van der Waals surface area contributed by atoms with Gasteiger partial charge in [0.05, 0.1) is 15.9 Å². The molecule has 0 unspecified atom stereocenters. The molecule has 1 amide bonds. The highest BCUT2D eigenvalue weighted by atomic mass is 32.2. The Bertz CT molecular complexity index is 1210. The maximum Gasteiger partial charge on any atom is 0.256 e. The molecule has 0 saturated carbocycles. The molecule has 2 heterocycles. The molecule has 5 nitrogen and oxygen atoms in total. The van der Waals surface area contributed by atoms with Gasteiger partial charge >= 0.3 is 0 Å². The summed E-state index contributed by atoms with van der Waals surface area (Å²) >= 11 is 3.29. The molecule has 29 heavy (non-hydrogen) atoms. The number of thioether (sulfide) groups is 1. The first kappa shape index (κ1) is 19.7. The van der Waals surface area contributed by atoms with Gasteiger partial charge in [0.15, 0.2) is 0 Å². The third-order valence-electron chi connectivity index (χ3n) is 4.48. The number of thiazole rings is 1. The number of fused-ring (bicyclic) bond motifs is 1. The van der Waals surface area contributed by atoms with Crippen molar-refractivity contribution in [3.05, 3.63) is 64.8 Å². The van der Waals surface area contributed by atoms with Crippen molar-refractivity contribution in [3.63, 3.8) is 0 Å². The van der Waals surface area contributed by atoms with Crippen molar-refractivity contribution in [1.82, 2.24) is 14.8 Å². The van der Waals surface area contributed by atoms with Crippen molar-refractivity contribution in [2.75, 3.05) is 11.1 Å². The highest BCUT2D eigenvalue weighted by molar-refractivity contribution is 7.99. The van der Waals surface area contributed by atoms with E-state index in [2.05, 4.69) is 43.3 Å². The highest BCUT2D eigenvalue weighted by Gasteiger charge is 2.16.